The maximum absolute atomic E-state index is 13.2. The molecule has 26 heavy (non-hydrogen) atoms. The van der Waals surface area contributed by atoms with E-state index >= 15 is 0 Å². The van der Waals surface area contributed by atoms with Crippen LogP contribution in [0, 0.1) is 0 Å². The van der Waals surface area contributed by atoms with Crippen molar-refractivity contribution in [2.24, 2.45) is 0 Å². The summed E-state index contributed by atoms with van der Waals surface area (Å²) < 4.78 is 91.6. The average molecular weight is 416 g/mol. The third-order valence-corrected chi connectivity index (χ3v) is 5.10. The zero-order chi connectivity index (χ0) is 19.8. The van der Waals surface area contributed by atoms with Crippen molar-refractivity contribution in [3.8, 4) is 0 Å². The van der Waals surface area contributed by atoms with Gasteiger partial charge in [0.1, 0.15) is 0 Å². The van der Waals surface area contributed by atoms with E-state index in [1.807, 2.05) is 0 Å². The second-order valence-electron chi connectivity index (χ2n) is 5.20. The number of sulfonamides is 1. The average Bonchev–Trinajstić information content (AvgIpc) is 2.53. The first-order valence-electron chi connectivity index (χ1n) is 6.83. The molecule has 1 atom stereocenters. The lowest BCUT2D eigenvalue weighted by atomic mass is 9.93. The smallest absolute Gasteiger partial charge is 0.371 e. The summed E-state index contributed by atoms with van der Waals surface area (Å²) in [4.78, 5) is -0.108. The van der Waals surface area contributed by atoms with Crippen molar-refractivity contribution in [2.75, 3.05) is 4.72 Å². The van der Waals surface area contributed by atoms with Gasteiger partial charge >= 0.3 is 11.6 Å². The van der Waals surface area contributed by atoms with Crippen LogP contribution in [0.4, 0.5) is 27.6 Å². The minimum absolute atomic E-state index is 0.108. The molecule has 0 aromatic heterocycles. The maximum Gasteiger partial charge on any atom is 0.428 e. The Labute approximate surface area is 150 Å². The third-order valence-electron chi connectivity index (χ3n) is 3.43. The van der Waals surface area contributed by atoms with E-state index in [0.717, 1.165) is 12.1 Å². The molecule has 0 radical (unpaired) electrons. The van der Waals surface area contributed by atoms with Crippen LogP contribution in [0.3, 0.4) is 0 Å². The van der Waals surface area contributed by atoms with Crippen LogP contribution >= 0.6 is 11.6 Å². The van der Waals surface area contributed by atoms with Gasteiger partial charge in [-0.25, -0.2) is 8.42 Å². The predicted octanol–water partition coefficient (Wildman–Crippen LogP) is 4.07. The molecule has 0 saturated heterocycles. The molecule has 0 aliphatic heterocycles. The Kier molecular flexibility index (Phi) is 5.24. The molecule has 2 aromatic rings. The van der Waals surface area contributed by atoms with E-state index in [1.54, 1.807) is 6.07 Å². The van der Waals surface area contributed by atoms with Crippen molar-refractivity contribution in [3.05, 3.63) is 60.2 Å². The van der Waals surface area contributed by atoms with Gasteiger partial charge < -0.3 is 5.11 Å². The molecule has 2 N–H and O–H groups in total. The summed E-state index contributed by atoms with van der Waals surface area (Å²) in [5.41, 5.74) is -6.08. The number of halogens is 6. The molecule has 2 rings (SSSR count). The van der Waals surface area contributed by atoms with Crippen molar-refractivity contribution in [1.29, 1.82) is 0 Å². The predicted molar refractivity (Wildman–Crippen MR) is 84.4 cm³/mol. The minimum Gasteiger partial charge on any atom is -0.371 e. The first-order chi connectivity index (χ1) is 11.8. The highest BCUT2D eigenvalue weighted by Gasteiger charge is 2.69. The first-order valence-corrected chi connectivity index (χ1v) is 8.69. The number of rotatable bonds is 5. The van der Waals surface area contributed by atoms with Crippen LogP contribution < -0.4 is 4.72 Å². The summed E-state index contributed by atoms with van der Waals surface area (Å²) in [5.74, 6) is 0. The molecule has 0 aliphatic carbocycles. The number of benzene rings is 2. The summed E-state index contributed by atoms with van der Waals surface area (Å²) in [6, 6.07) is 9.69. The lowest BCUT2D eigenvalue weighted by molar-refractivity contribution is -0.317. The summed E-state index contributed by atoms with van der Waals surface area (Å²) in [6.07, 6.45) is -5.77. The third kappa shape index (κ3) is 3.76. The molecule has 0 amide bonds. The van der Waals surface area contributed by atoms with Gasteiger partial charge in [-0.1, -0.05) is 30.3 Å². The molecule has 0 spiro atoms. The number of anilines is 1. The highest BCUT2D eigenvalue weighted by Crippen LogP contribution is 2.51. The van der Waals surface area contributed by atoms with Crippen molar-refractivity contribution >= 4 is 27.3 Å². The molecule has 0 bridgehead atoms. The van der Waals surface area contributed by atoms with Crippen molar-refractivity contribution in [2.45, 2.75) is 22.1 Å². The van der Waals surface area contributed by atoms with Gasteiger partial charge in [0.25, 0.3) is 15.6 Å². The lowest BCUT2D eigenvalue weighted by Gasteiger charge is -2.34. The Bertz CT molecular complexity index is 851. The van der Waals surface area contributed by atoms with Gasteiger partial charge in [0.05, 0.1) is 4.90 Å². The number of alkyl halides is 6. The molecule has 0 aliphatic rings. The number of hydrogen-bond acceptors (Lipinski definition) is 3. The van der Waals surface area contributed by atoms with Crippen molar-refractivity contribution in [1.82, 2.24) is 0 Å². The van der Waals surface area contributed by atoms with E-state index in [1.165, 1.54) is 24.3 Å². The quantitative estimate of drug-likeness (QED) is 0.571. The normalized spacial score (nSPS) is 15.3. The van der Waals surface area contributed by atoms with Crippen LogP contribution in [0.25, 0.3) is 0 Å². The largest absolute Gasteiger partial charge is 0.428 e. The Morgan fingerprint density at radius 3 is 1.81 bits per heavy atom. The topological polar surface area (TPSA) is 66.4 Å². The maximum atomic E-state index is 13.2. The van der Waals surface area contributed by atoms with Gasteiger partial charge in [-0.3, -0.25) is 4.72 Å². The van der Waals surface area contributed by atoms with Crippen LogP contribution in [-0.2, 0) is 15.6 Å². The Morgan fingerprint density at radius 1 is 0.885 bits per heavy atom. The fraction of sp³-hybridized carbons (Fsp3) is 0.200. The number of nitrogens with one attached hydrogen (secondary N) is 1. The van der Waals surface area contributed by atoms with Crippen LogP contribution in [-0.4, -0.2) is 25.1 Å². The molecule has 1 unspecified atom stereocenters. The van der Waals surface area contributed by atoms with E-state index in [-0.39, 0.29) is 10.6 Å². The molecule has 142 valence electrons. The van der Waals surface area contributed by atoms with Crippen molar-refractivity contribution in [3.63, 3.8) is 0 Å². The Balaban J connectivity index is 2.36. The fourth-order valence-corrected chi connectivity index (χ4v) is 3.38. The van der Waals surface area contributed by atoms with E-state index in [4.69, 9.17) is 0 Å². The Hall–Kier alpha value is -1.91. The van der Waals surface area contributed by atoms with E-state index in [0.29, 0.717) is 12.1 Å². The number of aliphatic hydroxyl groups is 1. The minimum atomic E-state index is -5.77. The molecular formula is C15H11ClF5NO3S. The van der Waals surface area contributed by atoms with Gasteiger partial charge in [0, 0.05) is 11.3 Å². The lowest BCUT2D eigenvalue weighted by Crippen LogP contribution is -2.53. The van der Waals surface area contributed by atoms with Crippen LogP contribution in [0.15, 0.2) is 59.5 Å². The second-order valence-corrected chi connectivity index (χ2v) is 7.36. The van der Waals surface area contributed by atoms with E-state index in [2.05, 4.69) is 16.3 Å². The van der Waals surface area contributed by atoms with Crippen LogP contribution in [0.1, 0.15) is 5.56 Å². The summed E-state index contributed by atoms with van der Waals surface area (Å²) in [5, 5.41) is 4.47. The van der Waals surface area contributed by atoms with Gasteiger partial charge in [-0.05, 0) is 35.9 Å². The van der Waals surface area contributed by atoms with Gasteiger partial charge in [-0.15, -0.1) is 0 Å². The fourth-order valence-electron chi connectivity index (χ4n) is 2.08. The molecule has 11 heteroatoms. The molecule has 0 saturated carbocycles. The van der Waals surface area contributed by atoms with Crippen molar-refractivity contribution < 1.29 is 35.5 Å². The van der Waals surface area contributed by atoms with Gasteiger partial charge in [0.15, 0.2) is 0 Å². The molecule has 2 aromatic carbocycles. The van der Waals surface area contributed by atoms with E-state index in [9.17, 15) is 35.5 Å². The molecule has 0 heterocycles. The van der Waals surface area contributed by atoms with Crippen LogP contribution in [0.2, 0.25) is 0 Å². The van der Waals surface area contributed by atoms with Gasteiger partial charge in [0.2, 0.25) is 0 Å². The summed E-state index contributed by atoms with van der Waals surface area (Å²) in [7, 11) is -4.03. The second kappa shape index (κ2) is 6.67. The first kappa shape index (κ1) is 20.4. The zero-order valence-corrected chi connectivity index (χ0v) is 14.2. The summed E-state index contributed by atoms with van der Waals surface area (Å²) in [6.45, 7) is 0. The SMILES string of the molecule is O=S(=O)(Nc1ccc(C(O)(C(F)(F)F)C(F)(F)Cl)cc1)c1ccccc1. The monoisotopic (exact) mass is 415 g/mol. The van der Waals surface area contributed by atoms with E-state index < -0.39 is 32.7 Å². The molecule has 4 nitrogen and oxygen atoms in total. The molecule has 0 fully saturated rings. The summed E-state index contributed by atoms with van der Waals surface area (Å²) >= 11 is 4.47. The van der Waals surface area contributed by atoms with Gasteiger partial charge in [-0.2, -0.15) is 22.0 Å². The van der Waals surface area contributed by atoms with Crippen LogP contribution in [0.5, 0.6) is 0 Å². The zero-order valence-electron chi connectivity index (χ0n) is 12.6. The Morgan fingerprint density at radius 2 is 1.38 bits per heavy atom. The highest BCUT2D eigenvalue weighted by atomic mass is 35.5. The standard InChI is InChI=1S/C15H11ClF5NO3S/c16-14(17,18)13(23,15(19,20)21)10-6-8-11(9-7-10)22-26(24,25)12-4-2-1-3-5-12/h1-9,22-23H. The number of hydrogen-bond donors (Lipinski definition) is 2. The highest BCUT2D eigenvalue weighted by molar-refractivity contribution is 7.92. The molecular weight excluding hydrogens is 405 g/mol.